The molecule has 3 atom stereocenters. The molecule has 0 saturated heterocycles. The lowest BCUT2D eigenvalue weighted by atomic mass is 9.57. The number of benzene rings is 1. The summed E-state index contributed by atoms with van der Waals surface area (Å²) in [6.45, 7) is 6.84. The minimum absolute atomic E-state index is 0.00680. The largest absolute Gasteiger partial charge is 0.507 e. The molecule has 0 heterocycles. The number of phenols is 1. The predicted molar refractivity (Wildman–Crippen MR) is 115 cm³/mol. The summed E-state index contributed by atoms with van der Waals surface area (Å²) in [5.41, 5.74) is 0.848. The number of phenolic OH excluding ortho intramolecular Hbond substituents is 1. The molecule has 1 fully saturated rings. The van der Waals surface area contributed by atoms with E-state index in [-0.39, 0.29) is 40.6 Å². The van der Waals surface area contributed by atoms with Gasteiger partial charge in [0.25, 0.3) is 0 Å². The Morgan fingerprint density at radius 1 is 1.10 bits per heavy atom. The molecule has 0 spiro atoms. The average molecular weight is 424 g/mol. The molecule has 6 nitrogen and oxygen atoms in total. The van der Waals surface area contributed by atoms with E-state index in [0.717, 1.165) is 11.1 Å². The van der Waals surface area contributed by atoms with Crippen LogP contribution < -0.4 is 0 Å². The van der Waals surface area contributed by atoms with E-state index in [2.05, 4.69) is 0 Å². The Labute approximate surface area is 181 Å². The summed E-state index contributed by atoms with van der Waals surface area (Å²) in [5.74, 6) is -3.61. The van der Waals surface area contributed by atoms with Gasteiger partial charge >= 0.3 is 0 Å². The van der Waals surface area contributed by atoms with Crippen LogP contribution in [-0.4, -0.2) is 38.3 Å². The van der Waals surface area contributed by atoms with Crippen LogP contribution in [-0.2, 0) is 33.6 Å². The number of aliphatic hydroxyl groups is 2. The molecule has 6 heteroatoms. The van der Waals surface area contributed by atoms with Crippen molar-refractivity contribution in [2.75, 3.05) is 0 Å². The van der Waals surface area contributed by atoms with E-state index < -0.39 is 28.9 Å². The number of Topliss-reactive ketones (excluding diaryl/α,β-unsaturated/α-hetero) is 3. The molecule has 164 valence electrons. The first-order valence-electron chi connectivity index (χ1n) is 10.9. The van der Waals surface area contributed by atoms with Gasteiger partial charge in [-0.05, 0) is 68.6 Å². The lowest BCUT2D eigenvalue weighted by Crippen LogP contribution is -2.61. The average Bonchev–Trinajstić information content (AvgIpc) is 2.70. The maximum atomic E-state index is 13.5. The molecule has 0 radical (unpaired) electrons. The lowest BCUT2D eigenvalue weighted by molar-refractivity contribution is -0.157. The van der Waals surface area contributed by atoms with Gasteiger partial charge in [-0.3, -0.25) is 14.4 Å². The van der Waals surface area contributed by atoms with Crippen LogP contribution in [0.5, 0.6) is 5.75 Å². The number of aliphatic hydroxyl groups excluding tert-OH is 1. The number of aromatic hydroxyl groups is 1. The molecule has 0 bridgehead atoms. The van der Waals surface area contributed by atoms with Crippen molar-refractivity contribution >= 4 is 23.1 Å². The van der Waals surface area contributed by atoms with Gasteiger partial charge in [-0.2, -0.15) is 0 Å². The molecular weight excluding hydrogens is 396 g/mol. The maximum absolute atomic E-state index is 13.5. The lowest BCUT2D eigenvalue weighted by Gasteiger charge is -2.46. The van der Waals surface area contributed by atoms with Crippen molar-refractivity contribution in [2.24, 2.45) is 11.8 Å². The molecule has 0 amide bonds. The molecule has 4 rings (SSSR count). The standard InChI is InChI=1S/C25H28O6/c1-5-13-8-14(6-2)21(27)20-17(13)10-15-9-16-7-11(3)18(12(4)26)23(29)25(16,31)24(30)19(15)22(20)28/h8,15-16,27-28,31H,5-7,9-10H2,1-4H3/t15-,16-,25-/m0/s1. The molecule has 3 N–H and O–H groups in total. The monoisotopic (exact) mass is 424 g/mol. The summed E-state index contributed by atoms with van der Waals surface area (Å²) in [4.78, 5) is 38.7. The van der Waals surface area contributed by atoms with E-state index in [9.17, 15) is 29.7 Å². The second-order valence-corrected chi connectivity index (χ2v) is 9.04. The van der Waals surface area contributed by atoms with Crippen molar-refractivity contribution in [3.63, 3.8) is 0 Å². The molecule has 1 aromatic carbocycles. The molecule has 1 aromatic rings. The second kappa shape index (κ2) is 7.16. The highest BCUT2D eigenvalue weighted by atomic mass is 16.3. The van der Waals surface area contributed by atoms with Gasteiger partial charge in [-0.25, -0.2) is 0 Å². The Bertz CT molecular complexity index is 1110. The number of hydrogen-bond donors (Lipinski definition) is 3. The number of carbonyl (C=O) groups is 3. The number of rotatable bonds is 3. The zero-order chi connectivity index (χ0) is 22.8. The molecule has 3 aliphatic rings. The molecule has 0 unspecified atom stereocenters. The van der Waals surface area contributed by atoms with Gasteiger partial charge in [0.2, 0.25) is 11.6 Å². The van der Waals surface area contributed by atoms with E-state index in [1.54, 1.807) is 6.92 Å². The Morgan fingerprint density at radius 3 is 2.32 bits per heavy atom. The summed E-state index contributed by atoms with van der Waals surface area (Å²) >= 11 is 0. The first-order valence-corrected chi connectivity index (χ1v) is 10.9. The van der Waals surface area contributed by atoms with Crippen molar-refractivity contribution in [2.45, 2.75) is 65.4 Å². The molecule has 0 aromatic heterocycles. The Morgan fingerprint density at radius 2 is 1.74 bits per heavy atom. The molecule has 31 heavy (non-hydrogen) atoms. The van der Waals surface area contributed by atoms with Gasteiger partial charge in [-0.1, -0.05) is 25.5 Å². The highest BCUT2D eigenvalue weighted by Gasteiger charge is 2.60. The third-order valence-corrected chi connectivity index (χ3v) is 7.35. The van der Waals surface area contributed by atoms with Crippen molar-refractivity contribution < 1.29 is 29.7 Å². The number of hydrogen-bond acceptors (Lipinski definition) is 6. The van der Waals surface area contributed by atoms with Gasteiger partial charge in [0.15, 0.2) is 11.4 Å². The van der Waals surface area contributed by atoms with Crippen molar-refractivity contribution in [1.29, 1.82) is 0 Å². The van der Waals surface area contributed by atoms with Crippen LogP contribution in [0.2, 0.25) is 0 Å². The minimum Gasteiger partial charge on any atom is -0.507 e. The summed E-state index contributed by atoms with van der Waals surface area (Å²) in [6.07, 6.45) is 2.34. The molecular formula is C25H28O6. The molecule has 0 aliphatic heterocycles. The summed E-state index contributed by atoms with van der Waals surface area (Å²) in [5, 5.41) is 33.3. The second-order valence-electron chi connectivity index (χ2n) is 9.04. The van der Waals surface area contributed by atoms with Gasteiger partial charge in [-0.15, -0.1) is 0 Å². The third kappa shape index (κ3) is 2.77. The minimum atomic E-state index is -2.36. The molecule has 3 aliphatic carbocycles. The van der Waals surface area contributed by atoms with E-state index in [0.29, 0.717) is 36.8 Å². The summed E-state index contributed by atoms with van der Waals surface area (Å²) < 4.78 is 0. The number of aryl methyl sites for hydroxylation is 2. The van der Waals surface area contributed by atoms with Crippen LogP contribution in [0.4, 0.5) is 0 Å². The van der Waals surface area contributed by atoms with E-state index >= 15 is 0 Å². The number of carbonyl (C=O) groups excluding carboxylic acids is 3. The zero-order valence-corrected chi connectivity index (χ0v) is 18.3. The van der Waals surface area contributed by atoms with Crippen LogP contribution in [0, 0.1) is 11.8 Å². The Balaban J connectivity index is 1.93. The Hall–Kier alpha value is -2.73. The SMILES string of the molecule is CCc1cc(CC)c2c(c1O)C(O)=C1C(=O)[C@@]3(O)C(=O)C(C(C)=O)=C(C)C[C@H]3C[C@H]1C2. The normalized spacial score (nSPS) is 27.8. The molecule has 1 saturated carbocycles. The number of fused-ring (bicyclic) bond motifs is 3. The fourth-order valence-electron chi connectivity index (χ4n) is 5.81. The first-order chi connectivity index (χ1) is 14.6. The topological polar surface area (TPSA) is 112 Å². The van der Waals surface area contributed by atoms with Crippen molar-refractivity contribution in [3.8, 4) is 5.75 Å². The van der Waals surface area contributed by atoms with Gasteiger partial charge in [0.05, 0.1) is 11.1 Å². The highest BCUT2D eigenvalue weighted by Crippen LogP contribution is 2.52. The maximum Gasteiger partial charge on any atom is 0.206 e. The Kier molecular flexibility index (Phi) is 4.97. The number of allylic oxidation sites excluding steroid dienone is 1. The van der Waals surface area contributed by atoms with Gasteiger partial charge < -0.3 is 15.3 Å². The van der Waals surface area contributed by atoms with E-state index in [1.807, 2.05) is 19.9 Å². The van der Waals surface area contributed by atoms with Gasteiger partial charge in [0, 0.05) is 11.5 Å². The smallest absolute Gasteiger partial charge is 0.206 e. The fraction of sp³-hybridized carbons (Fsp3) is 0.480. The van der Waals surface area contributed by atoms with Crippen LogP contribution in [0.25, 0.3) is 5.76 Å². The zero-order valence-electron chi connectivity index (χ0n) is 18.3. The summed E-state index contributed by atoms with van der Waals surface area (Å²) in [6, 6.07) is 1.95. The highest BCUT2D eigenvalue weighted by molar-refractivity contribution is 6.33. The number of ketones is 3. The predicted octanol–water partition coefficient (Wildman–Crippen LogP) is 3.16. The third-order valence-electron chi connectivity index (χ3n) is 7.35. The quantitative estimate of drug-likeness (QED) is 0.508. The van der Waals surface area contributed by atoms with Crippen LogP contribution in [0.3, 0.4) is 0 Å². The summed E-state index contributed by atoms with van der Waals surface area (Å²) in [7, 11) is 0. The van der Waals surface area contributed by atoms with E-state index in [1.165, 1.54) is 6.92 Å². The fourth-order valence-corrected chi connectivity index (χ4v) is 5.81. The van der Waals surface area contributed by atoms with Crippen LogP contribution in [0.15, 0.2) is 22.8 Å². The van der Waals surface area contributed by atoms with Crippen molar-refractivity contribution in [3.05, 3.63) is 45.0 Å². The van der Waals surface area contributed by atoms with E-state index in [4.69, 9.17) is 0 Å². The van der Waals surface area contributed by atoms with Crippen LogP contribution in [0.1, 0.15) is 62.8 Å². The van der Waals surface area contributed by atoms with Gasteiger partial charge in [0.1, 0.15) is 11.5 Å². The first kappa shape index (κ1) is 21.5. The van der Waals surface area contributed by atoms with Crippen LogP contribution >= 0.6 is 0 Å². The van der Waals surface area contributed by atoms with Crippen molar-refractivity contribution in [1.82, 2.24) is 0 Å².